The number of ketones is 1. The van der Waals surface area contributed by atoms with Gasteiger partial charge >= 0.3 is 0 Å². The summed E-state index contributed by atoms with van der Waals surface area (Å²) in [7, 11) is -3.60. The molecule has 0 saturated carbocycles. The number of carbonyl (C=O) groups excluding carboxylic acids is 1. The summed E-state index contributed by atoms with van der Waals surface area (Å²) in [6, 6.07) is 4.98. The second-order valence-electron chi connectivity index (χ2n) is 4.45. The lowest BCUT2D eigenvalue weighted by molar-refractivity contribution is 0.103. The minimum Gasteiger partial charge on any atom is -0.289 e. The van der Waals surface area contributed by atoms with E-state index >= 15 is 0 Å². The Kier molecular flexibility index (Phi) is 3.07. The van der Waals surface area contributed by atoms with Crippen LogP contribution in [0.5, 0.6) is 0 Å². The molecule has 6 heteroatoms. The third kappa shape index (κ3) is 2.21. The second kappa shape index (κ2) is 4.64. The lowest BCUT2D eigenvalue weighted by Crippen LogP contribution is -2.24. The highest BCUT2D eigenvalue weighted by Gasteiger charge is 2.32. The van der Waals surface area contributed by atoms with Crippen LogP contribution in [-0.4, -0.2) is 20.0 Å². The minimum atomic E-state index is -3.60. The van der Waals surface area contributed by atoms with E-state index in [1.54, 1.807) is 12.1 Å². The van der Waals surface area contributed by atoms with Gasteiger partial charge < -0.3 is 0 Å². The molecule has 2 heterocycles. The van der Waals surface area contributed by atoms with Crippen molar-refractivity contribution in [1.82, 2.24) is 0 Å². The quantitative estimate of drug-likeness (QED) is 0.601. The molecule has 0 spiro atoms. The molecule has 0 atom stereocenters. The van der Waals surface area contributed by atoms with E-state index in [1.165, 1.54) is 11.3 Å². The molecule has 0 unspecified atom stereocenters. The Morgan fingerprint density at radius 2 is 2.05 bits per heavy atom. The van der Waals surface area contributed by atoms with Gasteiger partial charge in [-0.05, 0) is 46.7 Å². The number of rotatable bonds is 1. The fraction of sp³-hybridized carbons (Fsp3) is 0.0714. The molecule has 102 valence electrons. The monoisotopic (exact) mass is 308 g/mol. The van der Waals surface area contributed by atoms with E-state index in [9.17, 15) is 17.6 Å². The van der Waals surface area contributed by atoms with Crippen LogP contribution in [0.25, 0.3) is 6.08 Å². The first-order valence-electron chi connectivity index (χ1n) is 5.77. The molecule has 0 N–H and O–H groups in total. The molecule has 1 aromatic heterocycles. The number of sulfone groups is 1. The standard InChI is InChI=1S/C14H9FO3S2/c15-11-1-2-13-12(6-11)14(16)10(8-20(13,17)18)5-9-3-4-19-7-9/h1-7H,8H2. The highest BCUT2D eigenvalue weighted by Crippen LogP contribution is 2.29. The third-order valence-corrected chi connectivity index (χ3v) is 5.46. The van der Waals surface area contributed by atoms with E-state index in [-0.39, 0.29) is 21.8 Å². The summed E-state index contributed by atoms with van der Waals surface area (Å²) in [6.07, 6.45) is 1.55. The van der Waals surface area contributed by atoms with Crippen molar-refractivity contribution >= 4 is 33.0 Å². The summed E-state index contributed by atoms with van der Waals surface area (Å²) in [5, 5.41) is 3.65. The first-order valence-corrected chi connectivity index (χ1v) is 8.37. The highest BCUT2D eigenvalue weighted by atomic mass is 32.2. The molecule has 0 amide bonds. The SMILES string of the molecule is O=C1C(=Cc2ccsc2)CS(=O)(=O)c2ccc(F)cc21. The van der Waals surface area contributed by atoms with Gasteiger partial charge in [0, 0.05) is 11.1 Å². The molecule has 20 heavy (non-hydrogen) atoms. The van der Waals surface area contributed by atoms with Gasteiger partial charge in [-0.2, -0.15) is 11.3 Å². The molecule has 0 radical (unpaired) electrons. The van der Waals surface area contributed by atoms with Crippen molar-refractivity contribution < 1.29 is 17.6 Å². The predicted octanol–water partition coefficient (Wildman–Crippen LogP) is 2.94. The highest BCUT2D eigenvalue weighted by molar-refractivity contribution is 7.91. The van der Waals surface area contributed by atoms with Crippen LogP contribution in [0, 0.1) is 5.82 Å². The van der Waals surface area contributed by atoms with Crippen LogP contribution < -0.4 is 0 Å². The molecule has 0 fully saturated rings. The van der Waals surface area contributed by atoms with Gasteiger partial charge in [0.25, 0.3) is 0 Å². The maximum absolute atomic E-state index is 13.3. The summed E-state index contributed by atoms with van der Waals surface area (Å²) >= 11 is 1.45. The maximum Gasteiger partial charge on any atom is 0.191 e. The van der Waals surface area contributed by atoms with Crippen molar-refractivity contribution in [2.24, 2.45) is 0 Å². The molecule has 1 aliphatic heterocycles. The van der Waals surface area contributed by atoms with Crippen molar-refractivity contribution in [2.45, 2.75) is 4.90 Å². The molecular weight excluding hydrogens is 299 g/mol. The van der Waals surface area contributed by atoms with E-state index in [2.05, 4.69) is 0 Å². The first-order chi connectivity index (χ1) is 9.47. The number of hydrogen-bond donors (Lipinski definition) is 0. The average molecular weight is 308 g/mol. The van der Waals surface area contributed by atoms with Gasteiger partial charge in [0.05, 0.1) is 10.6 Å². The fourth-order valence-corrected chi connectivity index (χ4v) is 4.30. The molecular formula is C14H9FO3S2. The van der Waals surface area contributed by atoms with Crippen LogP contribution in [0.2, 0.25) is 0 Å². The average Bonchev–Trinajstić information content (AvgIpc) is 2.88. The second-order valence-corrected chi connectivity index (χ2v) is 7.19. The van der Waals surface area contributed by atoms with Gasteiger partial charge in [-0.1, -0.05) is 0 Å². The van der Waals surface area contributed by atoms with Crippen LogP contribution in [0.3, 0.4) is 0 Å². The Bertz CT molecular complexity index is 818. The van der Waals surface area contributed by atoms with E-state index in [0.29, 0.717) is 0 Å². The van der Waals surface area contributed by atoms with Crippen LogP contribution in [-0.2, 0) is 9.84 Å². The summed E-state index contributed by atoms with van der Waals surface area (Å²) in [4.78, 5) is 12.2. The predicted molar refractivity (Wildman–Crippen MR) is 75.1 cm³/mol. The van der Waals surface area contributed by atoms with E-state index in [1.807, 2.05) is 10.8 Å². The van der Waals surface area contributed by atoms with E-state index in [0.717, 1.165) is 23.8 Å². The van der Waals surface area contributed by atoms with E-state index in [4.69, 9.17) is 0 Å². The Hall–Kier alpha value is -1.79. The van der Waals surface area contributed by atoms with Crippen molar-refractivity contribution in [3.63, 3.8) is 0 Å². The van der Waals surface area contributed by atoms with Gasteiger partial charge in [-0.15, -0.1) is 0 Å². The van der Waals surface area contributed by atoms with Gasteiger partial charge in [0.2, 0.25) is 0 Å². The zero-order valence-electron chi connectivity index (χ0n) is 10.2. The molecule has 3 rings (SSSR count). The number of halogens is 1. The number of thiophene rings is 1. The molecule has 0 saturated heterocycles. The van der Waals surface area contributed by atoms with Crippen molar-refractivity contribution in [1.29, 1.82) is 0 Å². The van der Waals surface area contributed by atoms with E-state index < -0.39 is 21.4 Å². The zero-order chi connectivity index (χ0) is 14.3. The summed E-state index contributed by atoms with van der Waals surface area (Å²) < 4.78 is 37.6. The molecule has 1 aliphatic rings. The minimum absolute atomic E-state index is 0.0854. The number of hydrogen-bond acceptors (Lipinski definition) is 4. The number of fused-ring (bicyclic) bond motifs is 1. The smallest absolute Gasteiger partial charge is 0.191 e. The van der Waals surface area contributed by atoms with Crippen molar-refractivity contribution in [3.05, 3.63) is 57.5 Å². The maximum atomic E-state index is 13.3. The number of carbonyl (C=O) groups is 1. The van der Waals surface area contributed by atoms with Gasteiger partial charge in [0.15, 0.2) is 15.6 Å². The largest absolute Gasteiger partial charge is 0.289 e. The van der Waals surface area contributed by atoms with Gasteiger partial charge in [-0.25, -0.2) is 12.8 Å². The van der Waals surface area contributed by atoms with Crippen LogP contribution in [0.4, 0.5) is 4.39 Å². The molecule has 2 aromatic rings. The molecule has 3 nitrogen and oxygen atoms in total. The molecule has 0 aliphatic carbocycles. The van der Waals surface area contributed by atoms with Crippen molar-refractivity contribution in [2.75, 3.05) is 5.75 Å². The zero-order valence-corrected chi connectivity index (χ0v) is 11.8. The third-order valence-electron chi connectivity index (χ3n) is 3.04. The van der Waals surface area contributed by atoms with Gasteiger partial charge in [-0.3, -0.25) is 4.79 Å². The van der Waals surface area contributed by atoms with Crippen LogP contribution >= 0.6 is 11.3 Å². The first kappa shape index (κ1) is 13.2. The number of Topliss-reactive ketones (excluding diaryl/α,β-unsaturated/α-hetero) is 1. The topological polar surface area (TPSA) is 51.2 Å². The fourth-order valence-electron chi connectivity index (χ4n) is 2.14. The Morgan fingerprint density at radius 3 is 2.75 bits per heavy atom. The lowest BCUT2D eigenvalue weighted by Gasteiger charge is -2.17. The summed E-state index contributed by atoms with van der Waals surface area (Å²) in [5.41, 5.74) is 0.854. The summed E-state index contributed by atoms with van der Waals surface area (Å²) in [5.74, 6) is -1.40. The normalized spacial score (nSPS) is 19.1. The molecule has 1 aromatic carbocycles. The number of benzene rings is 1. The Labute approximate surface area is 119 Å². The van der Waals surface area contributed by atoms with Crippen molar-refractivity contribution in [3.8, 4) is 0 Å². The van der Waals surface area contributed by atoms with Crippen LogP contribution in [0.1, 0.15) is 15.9 Å². The van der Waals surface area contributed by atoms with Crippen LogP contribution in [0.15, 0.2) is 45.5 Å². The Morgan fingerprint density at radius 1 is 1.25 bits per heavy atom. The molecule has 0 bridgehead atoms. The summed E-state index contributed by atoms with van der Waals surface area (Å²) in [6.45, 7) is 0. The lowest BCUT2D eigenvalue weighted by atomic mass is 10.0. The Balaban J connectivity index is 2.18. The van der Waals surface area contributed by atoms with Gasteiger partial charge in [0.1, 0.15) is 5.82 Å².